The Labute approximate surface area is 125 Å². The molecule has 0 saturated carbocycles. The van der Waals surface area contributed by atoms with Crippen LogP contribution in [0.15, 0.2) is 29.8 Å². The van der Waals surface area contributed by atoms with E-state index in [0.717, 1.165) is 33.7 Å². The molecule has 0 saturated heterocycles. The number of carbonyl (C=O) groups is 1. The van der Waals surface area contributed by atoms with Gasteiger partial charge in [-0.05, 0) is 24.7 Å². The van der Waals surface area contributed by atoms with E-state index in [4.69, 9.17) is 5.73 Å². The second-order valence-corrected chi connectivity index (χ2v) is 5.61. The summed E-state index contributed by atoms with van der Waals surface area (Å²) in [5.74, 6) is -0.0811. The molecule has 2 aromatic heterocycles. The van der Waals surface area contributed by atoms with E-state index in [1.807, 2.05) is 23.6 Å². The zero-order valence-electron chi connectivity index (χ0n) is 11.3. The summed E-state index contributed by atoms with van der Waals surface area (Å²) in [6, 6.07) is 5.62. The van der Waals surface area contributed by atoms with E-state index in [9.17, 15) is 4.79 Å². The topological polar surface area (TPSA) is 96.7 Å². The molecule has 2 heterocycles. The van der Waals surface area contributed by atoms with Crippen LogP contribution in [-0.4, -0.2) is 27.6 Å². The third-order valence-corrected chi connectivity index (χ3v) is 3.98. The van der Waals surface area contributed by atoms with Crippen molar-refractivity contribution in [2.24, 2.45) is 5.73 Å². The number of hydrogen-bond acceptors (Lipinski definition) is 5. The van der Waals surface area contributed by atoms with Crippen LogP contribution in [0.25, 0.3) is 10.9 Å². The SMILES string of the molecule is NCCc1nc(CC(=O)Nc2ccc3[nH]ncc3c2)cs1. The van der Waals surface area contributed by atoms with Gasteiger partial charge in [0.25, 0.3) is 0 Å². The molecule has 0 bridgehead atoms. The summed E-state index contributed by atoms with van der Waals surface area (Å²) in [6.07, 6.45) is 2.75. The molecule has 21 heavy (non-hydrogen) atoms. The van der Waals surface area contributed by atoms with Crippen molar-refractivity contribution in [3.05, 3.63) is 40.5 Å². The van der Waals surface area contributed by atoms with Crippen LogP contribution in [0.3, 0.4) is 0 Å². The summed E-state index contributed by atoms with van der Waals surface area (Å²) in [6.45, 7) is 0.573. The molecule has 0 aliphatic heterocycles. The molecule has 7 heteroatoms. The molecule has 0 radical (unpaired) electrons. The number of fused-ring (bicyclic) bond motifs is 1. The highest BCUT2D eigenvalue weighted by atomic mass is 32.1. The van der Waals surface area contributed by atoms with Crippen molar-refractivity contribution in [3.63, 3.8) is 0 Å². The molecular formula is C14H15N5OS. The Hall–Kier alpha value is -2.25. The van der Waals surface area contributed by atoms with E-state index in [2.05, 4.69) is 20.5 Å². The van der Waals surface area contributed by atoms with E-state index >= 15 is 0 Å². The molecular weight excluding hydrogens is 286 g/mol. The summed E-state index contributed by atoms with van der Waals surface area (Å²) in [7, 11) is 0. The van der Waals surface area contributed by atoms with Crippen LogP contribution in [-0.2, 0) is 17.6 Å². The molecule has 3 rings (SSSR count). The van der Waals surface area contributed by atoms with Crippen LogP contribution in [0.5, 0.6) is 0 Å². The van der Waals surface area contributed by atoms with Gasteiger partial charge in [0.1, 0.15) is 0 Å². The fourth-order valence-electron chi connectivity index (χ4n) is 2.06. The number of anilines is 1. The average Bonchev–Trinajstić information content (AvgIpc) is 3.08. The first kappa shape index (κ1) is 13.7. The number of nitrogens with two attached hydrogens (primary N) is 1. The highest BCUT2D eigenvalue weighted by Gasteiger charge is 2.08. The zero-order valence-corrected chi connectivity index (χ0v) is 12.1. The van der Waals surface area contributed by atoms with Crippen LogP contribution < -0.4 is 11.1 Å². The standard InChI is InChI=1S/C14H15N5OS/c15-4-3-14-18-11(8-21-14)6-13(20)17-10-1-2-12-9(5-10)7-16-19-12/h1-2,5,7-8H,3-4,6,15H2,(H,16,19)(H,17,20). The second-order valence-electron chi connectivity index (χ2n) is 4.67. The summed E-state index contributed by atoms with van der Waals surface area (Å²) in [4.78, 5) is 16.4. The van der Waals surface area contributed by atoms with Crippen molar-refractivity contribution in [2.75, 3.05) is 11.9 Å². The maximum atomic E-state index is 12.0. The zero-order chi connectivity index (χ0) is 14.7. The quantitative estimate of drug-likeness (QED) is 0.668. The molecule has 0 unspecified atom stereocenters. The van der Waals surface area contributed by atoms with Gasteiger partial charge >= 0.3 is 0 Å². The molecule has 3 aromatic rings. The third kappa shape index (κ3) is 3.26. The molecule has 0 fully saturated rings. The Bertz CT molecular complexity index is 763. The first-order chi connectivity index (χ1) is 10.2. The van der Waals surface area contributed by atoms with Gasteiger partial charge in [0.2, 0.25) is 5.91 Å². The molecule has 0 aliphatic carbocycles. The maximum Gasteiger partial charge on any atom is 0.230 e. The molecule has 4 N–H and O–H groups in total. The van der Waals surface area contributed by atoms with Crippen molar-refractivity contribution in [1.29, 1.82) is 0 Å². The third-order valence-electron chi connectivity index (χ3n) is 3.02. The lowest BCUT2D eigenvalue weighted by atomic mass is 10.2. The van der Waals surface area contributed by atoms with E-state index in [0.29, 0.717) is 6.54 Å². The van der Waals surface area contributed by atoms with E-state index in [1.54, 1.807) is 17.5 Å². The number of amides is 1. The lowest BCUT2D eigenvalue weighted by molar-refractivity contribution is -0.115. The van der Waals surface area contributed by atoms with Gasteiger partial charge in [0.15, 0.2) is 0 Å². The number of H-pyrrole nitrogens is 1. The predicted octanol–water partition coefficient (Wildman–Crippen LogP) is 1.70. The van der Waals surface area contributed by atoms with Crippen LogP contribution >= 0.6 is 11.3 Å². The minimum absolute atomic E-state index is 0.0811. The van der Waals surface area contributed by atoms with Crippen molar-refractivity contribution >= 4 is 33.8 Å². The monoisotopic (exact) mass is 301 g/mol. The molecule has 0 aliphatic rings. The Kier molecular flexibility index (Phi) is 3.94. The van der Waals surface area contributed by atoms with Gasteiger partial charge < -0.3 is 11.1 Å². The van der Waals surface area contributed by atoms with Crippen LogP contribution in [0.1, 0.15) is 10.7 Å². The fourth-order valence-corrected chi connectivity index (χ4v) is 2.87. The van der Waals surface area contributed by atoms with Gasteiger partial charge in [-0.15, -0.1) is 11.3 Å². The van der Waals surface area contributed by atoms with Gasteiger partial charge in [0, 0.05) is 22.9 Å². The smallest absolute Gasteiger partial charge is 0.230 e. The summed E-state index contributed by atoms with van der Waals surface area (Å²) >= 11 is 1.54. The van der Waals surface area contributed by atoms with Gasteiger partial charge in [0.05, 0.1) is 28.8 Å². The molecule has 108 valence electrons. The molecule has 0 spiro atoms. The number of nitrogens with one attached hydrogen (secondary N) is 2. The number of nitrogens with zero attached hydrogens (tertiary/aromatic N) is 2. The summed E-state index contributed by atoms with van der Waals surface area (Å²) in [5.41, 5.74) is 7.97. The number of carbonyl (C=O) groups excluding carboxylic acids is 1. The molecule has 1 aromatic carbocycles. The number of aromatic nitrogens is 3. The Morgan fingerprint density at radius 3 is 3.19 bits per heavy atom. The molecule has 1 amide bonds. The first-order valence-electron chi connectivity index (χ1n) is 6.61. The van der Waals surface area contributed by atoms with Gasteiger partial charge in [-0.25, -0.2) is 4.98 Å². The van der Waals surface area contributed by atoms with E-state index in [1.165, 1.54) is 0 Å². The van der Waals surface area contributed by atoms with Gasteiger partial charge in [-0.3, -0.25) is 9.89 Å². The highest BCUT2D eigenvalue weighted by Crippen LogP contribution is 2.17. The number of benzene rings is 1. The first-order valence-corrected chi connectivity index (χ1v) is 7.49. The maximum absolute atomic E-state index is 12.0. The van der Waals surface area contributed by atoms with Crippen molar-refractivity contribution in [3.8, 4) is 0 Å². The largest absolute Gasteiger partial charge is 0.330 e. The van der Waals surface area contributed by atoms with Crippen LogP contribution in [0.4, 0.5) is 5.69 Å². The van der Waals surface area contributed by atoms with Crippen LogP contribution in [0, 0.1) is 0 Å². The van der Waals surface area contributed by atoms with Gasteiger partial charge in [-0.2, -0.15) is 5.10 Å². The lowest BCUT2D eigenvalue weighted by Gasteiger charge is -2.04. The number of thiazole rings is 1. The number of rotatable bonds is 5. The molecule has 6 nitrogen and oxygen atoms in total. The van der Waals surface area contributed by atoms with E-state index < -0.39 is 0 Å². The van der Waals surface area contributed by atoms with Crippen LogP contribution in [0.2, 0.25) is 0 Å². The van der Waals surface area contributed by atoms with Crippen molar-refractivity contribution < 1.29 is 4.79 Å². The Morgan fingerprint density at radius 2 is 2.33 bits per heavy atom. The minimum atomic E-state index is -0.0811. The lowest BCUT2D eigenvalue weighted by Crippen LogP contribution is -2.14. The predicted molar refractivity (Wildman–Crippen MR) is 83.3 cm³/mol. The normalized spacial score (nSPS) is 10.9. The minimum Gasteiger partial charge on any atom is -0.330 e. The Morgan fingerprint density at radius 1 is 1.43 bits per heavy atom. The second kappa shape index (κ2) is 6.02. The number of aromatic amines is 1. The summed E-state index contributed by atoms with van der Waals surface area (Å²) < 4.78 is 0. The summed E-state index contributed by atoms with van der Waals surface area (Å²) in [5, 5.41) is 13.5. The average molecular weight is 301 g/mol. The van der Waals surface area contributed by atoms with Crippen molar-refractivity contribution in [2.45, 2.75) is 12.8 Å². The fraction of sp³-hybridized carbons (Fsp3) is 0.214. The van der Waals surface area contributed by atoms with E-state index in [-0.39, 0.29) is 12.3 Å². The Balaban J connectivity index is 1.64. The highest BCUT2D eigenvalue weighted by molar-refractivity contribution is 7.09. The van der Waals surface area contributed by atoms with Crippen molar-refractivity contribution in [1.82, 2.24) is 15.2 Å². The van der Waals surface area contributed by atoms with Gasteiger partial charge in [-0.1, -0.05) is 0 Å². The number of hydrogen-bond donors (Lipinski definition) is 3. The molecule has 0 atom stereocenters.